The number of hydrogen-bond acceptors (Lipinski definition) is 6. The van der Waals surface area contributed by atoms with Gasteiger partial charge in [-0.15, -0.1) is 6.58 Å². The first kappa shape index (κ1) is 37.5. The quantitative estimate of drug-likeness (QED) is 0.177. The molecular formula is C30H47F3N6O6. The maximum absolute atomic E-state index is 14.0. The average molecular weight is 645 g/mol. The molecule has 0 radical (unpaired) electrons. The predicted molar refractivity (Wildman–Crippen MR) is 159 cm³/mol. The molecule has 0 bridgehead atoms. The van der Waals surface area contributed by atoms with E-state index in [2.05, 4.69) is 27.8 Å². The highest BCUT2D eigenvalue weighted by molar-refractivity contribution is 6.38. The molecule has 0 aromatic rings. The Balaban J connectivity index is 2.26. The highest BCUT2D eigenvalue weighted by Gasteiger charge is 2.46. The lowest BCUT2D eigenvalue weighted by atomic mass is 9.85. The van der Waals surface area contributed by atoms with Crippen molar-refractivity contribution in [3.63, 3.8) is 0 Å². The van der Waals surface area contributed by atoms with E-state index in [0.717, 1.165) is 12.8 Å². The van der Waals surface area contributed by atoms with E-state index >= 15 is 0 Å². The normalized spacial score (nSPS) is 19.9. The number of amides is 6. The summed E-state index contributed by atoms with van der Waals surface area (Å²) in [6.07, 6.45) is -3.72. The lowest BCUT2D eigenvalue weighted by molar-refractivity contribution is -0.147. The summed E-state index contributed by atoms with van der Waals surface area (Å²) in [6.45, 7) is 13.3. The molecule has 15 heteroatoms. The van der Waals surface area contributed by atoms with Crippen molar-refractivity contribution in [1.82, 2.24) is 31.1 Å². The van der Waals surface area contributed by atoms with Crippen LogP contribution in [0.2, 0.25) is 0 Å². The number of carbonyl (C=O) groups excluding carboxylic acids is 6. The van der Waals surface area contributed by atoms with Gasteiger partial charge in [-0.05, 0) is 42.9 Å². The van der Waals surface area contributed by atoms with Crippen LogP contribution in [-0.2, 0) is 24.0 Å². The van der Waals surface area contributed by atoms with Gasteiger partial charge in [0.2, 0.25) is 23.5 Å². The van der Waals surface area contributed by atoms with Gasteiger partial charge in [0.05, 0.1) is 12.6 Å². The van der Waals surface area contributed by atoms with E-state index in [1.807, 2.05) is 13.8 Å². The van der Waals surface area contributed by atoms with Crippen LogP contribution >= 0.6 is 0 Å². The molecule has 0 aromatic carbocycles. The first-order valence-corrected chi connectivity index (χ1v) is 15.3. The highest BCUT2D eigenvalue weighted by atomic mass is 19.4. The second kappa shape index (κ2) is 16.1. The monoisotopic (exact) mass is 644 g/mol. The van der Waals surface area contributed by atoms with E-state index in [1.54, 1.807) is 25.7 Å². The summed E-state index contributed by atoms with van der Waals surface area (Å²) in [5, 5.41) is 9.63. The number of likely N-dealkylation sites (tertiary alicyclic amines) is 2. The molecule has 2 fully saturated rings. The van der Waals surface area contributed by atoms with Crippen molar-refractivity contribution < 1.29 is 41.9 Å². The molecule has 45 heavy (non-hydrogen) atoms. The van der Waals surface area contributed by atoms with Crippen molar-refractivity contribution in [3.8, 4) is 0 Å². The molecule has 0 aliphatic carbocycles. The molecule has 2 aliphatic rings. The summed E-state index contributed by atoms with van der Waals surface area (Å²) >= 11 is 0. The first-order chi connectivity index (χ1) is 20.9. The van der Waals surface area contributed by atoms with E-state index in [9.17, 15) is 41.9 Å². The van der Waals surface area contributed by atoms with Gasteiger partial charge in [0.15, 0.2) is 0 Å². The summed E-state index contributed by atoms with van der Waals surface area (Å²) in [6, 6.07) is -4.85. The first-order valence-electron chi connectivity index (χ1n) is 15.3. The Bertz CT molecular complexity index is 1120. The summed E-state index contributed by atoms with van der Waals surface area (Å²) in [7, 11) is 0. The second-order valence-electron chi connectivity index (χ2n) is 13.0. The molecule has 4 atom stereocenters. The number of urea groups is 1. The minimum absolute atomic E-state index is 0.0198. The van der Waals surface area contributed by atoms with Crippen LogP contribution in [0.1, 0.15) is 66.7 Å². The highest BCUT2D eigenvalue weighted by Crippen LogP contribution is 2.32. The van der Waals surface area contributed by atoms with Crippen LogP contribution in [0.5, 0.6) is 0 Å². The number of nitrogens with zero attached hydrogens (tertiary/aromatic N) is 2. The SMILES string of the molecule is C=CCNC(=O)C(=O)C(CCC(F)(F)F)NC(=O)C1C[C@@H](C(C)C)CN1C(=O)C(NC(=O)NCC(=O)N1CCCC1)C(C)(C)C. The van der Waals surface area contributed by atoms with Gasteiger partial charge in [-0.1, -0.05) is 40.7 Å². The molecule has 254 valence electrons. The van der Waals surface area contributed by atoms with Crippen molar-refractivity contribution in [2.45, 2.75) is 91.0 Å². The van der Waals surface area contributed by atoms with Gasteiger partial charge in [-0.3, -0.25) is 24.0 Å². The third-order valence-electron chi connectivity index (χ3n) is 8.09. The smallest absolute Gasteiger partial charge is 0.346 e. The van der Waals surface area contributed by atoms with E-state index in [-0.39, 0.29) is 43.8 Å². The molecule has 12 nitrogen and oxygen atoms in total. The van der Waals surface area contributed by atoms with Gasteiger partial charge in [0, 0.05) is 32.6 Å². The zero-order chi connectivity index (χ0) is 34.1. The Kier molecular flexibility index (Phi) is 13.4. The molecular weight excluding hydrogens is 597 g/mol. The Hall–Kier alpha value is -3.65. The number of Topliss-reactive ketones (excluding diaryl/α,β-unsaturated/α-hetero) is 1. The molecule has 3 unspecified atom stereocenters. The number of rotatable bonds is 13. The van der Waals surface area contributed by atoms with E-state index in [1.165, 1.54) is 11.0 Å². The molecule has 2 rings (SSSR count). The van der Waals surface area contributed by atoms with Crippen molar-refractivity contribution in [1.29, 1.82) is 0 Å². The third kappa shape index (κ3) is 11.3. The summed E-state index contributed by atoms with van der Waals surface area (Å²) in [5.74, 6) is -4.30. The molecule has 6 amide bonds. The molecule has 0 spiro atoms. The predicted octanol–water partition coefficient (Wildman–Crippen LogP) is 1.89. The van der Waals surface area contributed by atoms with Gasteiger partial charge in [0.25, 0.3) is 5.91 Å². The van der Waals surface area contributed by atoms with Crippen molar-refractivity contribution >= 4 is 35.4 Å². The standard InChI is InChI=1S/C30H47F3N6O6/c1-7-12-34-26(43)23(41)20(10-11-30(31,32)33)36-25(42)21-15-19(18(2)3)17-39(21)27(44)24(29(4,5)6)37-28(45)35-16-22(40)38-13-8-9-14-38/h7,18-21,24H,1,8-17H2,2-6H3,(H,34,43)(H,36,42)(H2,35,37,45)/t19-,20?,21?,24?/m1/s1. The Morgan fingerprint density at radius 2 is 1.60 bits per heavy atom. The zero-order valence-corrected chi connectivity index (χ0v) is 26.7. The van der Waals surface area contributed by atoms with Crippen molar-refractivity contribution in [3.05, 3.63) is 12.7 Å². The van der Waals surface area contributed by atoms with E-state index < -0.39 is 72.1 Å². The van der Waals surface area contributed by atoms with Crippen LogP contribution < -0.4 is 21.3 Å². The Morgan fingerprint density at radius 1 is 0.978 bits per heavy atom. The maximum Gasteiger partial charge on any atom is 0.389 e. The van der Waals surface area contributed by atoms with Crippen LogP contribution in [-0.4, -0.2) is 102 Å². The van der Waals surface area contributed by atoms with Gasteiger partial charge in [0.1, 0.15) is 12.1 Å². The third-order valence-corrected chi connectivity index (χ3v) is 8.09. The van der Waals surface area contributed by atoms with Crippen LogP contribution in [0.25, 0.3) is 0 Å². The van der Waals surface area contributed by atoms with E-state index in [4.69, 9.17) is 0 Å². The van der Waals surface area contributed by atoms with Gasteiger partial charge < -0.3 is 31.1 Å². The maximum atomic E-state index is 14.0. The van der Waals surface area contributed by atoms with E-state index in [0.29, 0.717) is 13.1 Å². The van der Waals surface area contributed by atoms with Crippen LogP contribution in [0.15, 0.2) is 12.7 Å². The van der Waals surface area contributed by atoms with Crippen LogP contribution in [0, 0.1) is 17.3 Å². The van der Waals surface area contributed by atoms with Gasteiger partial charge >= 0.3 is 12.2 Å². The number of alkyl halides is 3. The second-order valence-corrected chi connectivity index (χ2v) is 13.0. The molecule has 0 saturated carbocycles. The van der Waals surface area contributed by atoms with Gasteiger partial charge in [-0.2, -0.15) is 13.2 Å². The fraction of sp³-hybridized carbons (Fsp3) is 0.733. The number of carbonyl (C=O) groups is 6. The number of hydrogen-bond donors (Lipinski definition) is 4. The largest absolute Gasteiger partial charge is 0.389 e. The van der Waals surface area contributed by atoms with Crippen LogP contribution in [0.4, 0.5) is 18.0 Å². The topological polar surface area (TPSA) is 157 Å². The summed E-state index contributed by atoms with van der Waals surface area (Å²) in [5.41, 5.74) is -0.848. The lowest BCUT2D eigenvalue weighted by Crippen LogP contribution is -2.60. The fourth-order valence-electron chi connectivity index (χ4n) is 5.33. The zero-order valence-electron chi connectivity index (χ0n) is 26.7. The molecule has 0 aromatic heterocycles. The molecule has 2 saturated heterocycles. The minimum atomic E-state index is -4.65. The van der Waals surface area contributed by atoms with Crippen molar-refractivity contribution in [2.24, 2.45) is 17.3 Å². The van der Waals surface area contributed by atoms with Crippen molar-refractivity contribution in [2.75, 3.05) is 32.7 Å². The average Bonchev–Trinajstić information content (AvgIpc) is 3.65. The summed E-state index contributed by atoms with van der Waals surface area (Å²) in [4.78, 5) is 80.7. The molecule has 2 heterocycles. The minimum Gasteiger partial charge on any atom is -0.346 e. The Morgan fingerprint density at radius 3 is 2.13 bits per heavy atom. The molecule has 2 aliphatic heterocycles. The summed E-state index contributed by atoms with van der Waals surface area (Å²) < 4.78 is 39.2. The Labute approximate surface area is 262 Å². The molecule has 4 N–H and O–H groups in total. The lowest BCUT2D eigenvalue weighted by Gasteiger charge is -2.35. The van der Waals surface area contributed by atoms with Crippen LogP contribution in [0.3, 0.4) is 0 Å². The van der Waals surface area contributed by atoms with Gasteiger partial charge in [-0.25, -0.2) is 4.79 Å². The number of nitrogens with one attached hydrogen (secondary N) is 4. The number of halogens is 3. The number of ketones is 1. The fourth-order valence-corrected chi connectivity index (χ4v) is 5.33.